The third kappa shape index (κ3) is 4.69. The molecule has 0 unspecified atom stereocenters. The standard InChI is InChI=1S/C20H21Cl2NO4S/c1-14-4-2-5-15(12-14)13-27-20(24)16-8-10-23(11-9-16)28(25,26)19-17(21)6-3-7-18(19)22/h2-7,12,16H,8-11,13H2,1H3. The van der Waals surface area contributed by atoms with Gasteiger partial charge in [-0.1, -0.05) is 59.1 Å². The Kier molecular flexibility index (Phi) is 6.65. The van der Waals surface area contributed by atoms with Gasteiger partial charge in [-0.15, -0.1) is 0 Å². The van der Waals surface area contributed by atoms with Gasteiger partial charge in [0.15, 0.2) is 0 Å². The number of esters is 1. The number of rotatable bonds is 5. The van der Waals surface area contributed by atoms with Gasteiger partial charge in [0.2, 0.25) is 10.0 Å². The van der Waals surface area contributed by atoms with Crippen LogP contribution in [0, 0.1) is 12.8 Å². The first-order chi connectivity index (χ1) is 13.3. The maximum atomic E-state index is 12.9. The number of piperidine rings is 1. The Morgan fingerprint density at radius 1 is 1.11 bits per heavy atom. The Labute approximate surface area is 175 Å². The van der Waals surface area contributed by atoms with E-state index in [1.165, 1.54) is 16.4 Å². The lowest BCUT2D eigenvalue weighted by atomic mass is 9.98. The highest BCUT2D eigenvalue weighted by molar-refractivity contribution is 7.89. The molecule has 2 aromatic carbocycles. The average molecular weight is 442 g/mol. The van der Waals surface area contributed by atoms with E-state index in [0.29, 0.717) is 12.8 Å². The first-order valence-electron chi connectivity index (χ1n) is 8.95. The number of hydrogen-bond acceptors (Lipinski definition) is 4. The van der Waals surface area contributed by atoms with Crippen molar-refractivity contribution < 1.29 is 17.9 Å². The third-order valence-corrected chi connectivity index (χ3v) is 7.62. The Hall–Kier alpha value is -1.60. The van der Waals surface area contributed by atoms with Gasteiger partial charge in [-0.05, 0) is 37.5 Å². The Morgan fingerprint density at radius 2 is 1.71 bits per heavy atom. The number of hydrogen-bond donors (Lipinski definition) is 0. The molecule has 0 radical (unpaired) electrons. The molecule has 0 saturated carbocycles. The monoisotopic (exact) mass is 441 g/mol. The Balaban J connectivity index is 1.60. The van der Waals surface area contributed by atoms with E-state index in [9.17, 15) is 13.2 Å². The van der Waals surface area contributed by atoms with Gasteiger partial charge in [0, 0.05) is 13.1 Å². The van der Waals surface area contributed by atoms with Crippen LogP contribution >= 0.6 is 23.2 Å². The molecule has 28 heavy (non-hydrogen) atoms. The van der Waals surface area contributed by atoms with Crippen molar-refractivity contribution in [2.45, 2.75) is 31.3 Å². The normalized spacial score (nSPS) is 16.1. The van der Waals surface area contributed by atoms with Crippen molar-refractivity contribution in [3.05, 3.63) is 63.6 Å². The maximum Gasteiger partial charge on any atom is 0.309 e. The highest BCUT2D eigenvalue weighted by Gasteiger charge is 2.34. The van der Waals surface area contributed by atoms with E-state index in [0.717, 1.165) is 11.1 Å². The summed E-state index contributed by atoms with van der Waals surface area (Å²) in [6.07, 6.45) is 0.794. The predicted molar refractivity (Wildman–Crippen MR) is 109 cm³/mol. The summed E-state index contributed by atoms with van der Waals surface area (Å²) in [6, 6.07) is 12.4. The molecule has 1 saturated heterocycles. The summed E-state index contributed by atoms with van der Waals surface area (Å²) in [4.78, 5) is 12.3. The molecule has 0 aliphatic carbocycles. The van der Waals surface area contributed by atoms with Gasteiger partial charge in [-0.2, -0.15) is 4.31 Å². The van der Waals surface area contributed by atoms with E-state index in [-0.39, 0.29) is 46.5 Å². The minimum atomic E-state index is -3.82. The van der Waals surface area contributed by atoms with Gasteiger partial charge < -0.3 is 4.74 Å². The predicted octanol–water partition coefficient (Wildman–Crippen LogP) is 4.45. The van der Waals surface area contributed by atoms with Crippen molar-refractivity contribution in [2.75, 3.05) is 13.1 Å². The van der Waals surface area contributed by atoms with Crippen molar-refractivity contribution in [2.24, 2.45) is 5.92 Å². The van der Waals surface area contributed by atoms with Crippen LogP contribution in [0.25, 0.3) is 0 Å². The zero-order valence-corrected chi connectivity index (χ0v) is 17.7. The molecule has 2 aromatic rings. The number of aryl methyl sites for hydroxylation is 1. The van der Waals surface area contributed by atoms with Crippen LogP contribution in [-0.2, 0) is 26.2 Å². The summed E-state index contributed by atoms with van der Waals surface area (Å²) in [5, 5.41) is 0.180. The number of ether oxygens (including phenoxy) is 1. The number of nitrogens with zero attached hydrogens (tertiary/aromatic N) is 1. The van der Waals surface area contributed by atoms with Crippen molar-refractivity contribution >= 4 is 39.2 Å². The molecule has 1 fully saturated rings. The Bertz CT molecular complexity index is 950. The van der Waals surface area contributed by atoms with Gasteiger partial charge in [0.25, 0.3) is 0 Å². The zero-order valence-electron chi connectivity index (χ0n) is 15.4. The number of carbonyl (C=O) groups is 1. The van der Waals surface area contributed by atoms with E-state index in [4.69, 9.17) is 27.9 Å². The highest BCUT2D eigenvalue weighted by atomic mass is 35.5. The van der Waals surface area contributed by atoms with Crippen molar-refractivity contribution in [3.63, 3.8) is 0 Å². The fraction of sp³-hybridized carbons (Fsp3) is 0.350. The summed E-state index contributed by atoms with van der Waals surface area (Å²) in [5.74, 6) is -0.618. The van der Waals surface area contributed by atoms with Crippen molar-refractivity contribution in [3.8, 4) is 0 Å². The lowest BCUT2D eigenvalue weighted by Gasteiger charge is -2.30. The number of carbonyl (C=O) groups excluding carboxylic acids is 1. The molecule has 1 aliphatic heterocycles. The van der Waals surface area contributed by atoms with Gasteiger partial charge in [-0.3, -0.25) is 4.79 Å². The van der Waals surface area contributed by atoms with Crippen LogP contribution in [0.15, 0.2) is 47.4 Å². The first kappa shape index (κ1) is 21.1. The second kappa shape index (κ2) is 8.82. The lowest BCUT2D eigenvalue weighted by Crippen LogP contribution is -2.40. The SMILES string of the molecule is Cc1cccc(COC(=O)C2CCN(S(=O)(=O)c3c(Cl)cccc3Cl)CC2)c1. The van der Waals surface area contributed by atoms with Crippen LogP contribution in [-0.4, -0.2) is 31.8 Å². The van der Waals surface area contributed by atoms with Gasteiger partial charge in [0.1, 0.15) is 11.5 Å². The van der Waals surface area contributed by atoms with Gasteiger partial charge in [-0.25, -0.2) is 8.42 Å². The number of sulfonamides is 1. The summed E-state index contributed by atoms with van der Waals surface area (Å²) in [7, 11) is -3.82. The van der Waals surface area contributed by atoms with Crippen molar-refractivity contribution in [1.82, 2.24) is 4.31 Å². The van der Waals surface area contributed by atoms with Crippen LogP contribution in [0.1, 0.15) is 24.0 Å². The summed E-state index contributed by atoms with van der Waals surface area (Å²) in [6.45, 7) is 2.63. The smallest absolute Gasteiger partial charge is 0.309 e. The Morgan fingerprint density at radius 3 is 2.32 bits per heavy atom. The van der Waals surface area contributed by atoms with Crippen LogP contribution in [0.5, 0.6) is 0 Å². The van der Waals surface area contributed by atoms with Gasteiger partial charge >= 0.3 is 5.97 Å². The van der Waals surface area contributed by atoms with Crippen LogP contribution in [0.4, 0.5) is 0 Å². The summed E-state index contributed by atoms with van der Waals surface area (Å²) < 4.78 is 32.5. The average Bonchev–Trinajstić information content (AvgIpc) is 2.66. The first-order valence-corrected chi connectivity index (χ1v) is 11.1. The summed E-state index contributed by atoms with van der Waals surface area (Å²) in [5.41, 5.74) is 2.03. The van der Waals surface area contributed by atoms with E-state index >= 15 is 0 Å². The lowest BCUT2D eigenvalue weighted by molar-refractivity contribution is -0.151. The molecule has 150 valence electrons. The zero-order chi connectivity index (χ0) is 20.3. The molecular formula is C20H21Cl2NO4S. The second-order valence-corrected chi connectivity index (χ2v) is 9.52. The number of halogens is 2. The van der Waals surface area contributed by atoms with Crippen molar-refractivity contribution in [1.29, 1.82) is 0 Å². The quantitative estimate of drug-likeness (QED) is 0.642. The number of benzene rings is 2. The topological polar surface area (TPSA) is 63.7 Å². The van der Waals surface area contributed by atoms with E-state index < -0.39 is 10.0 Å². The molecule has 3 rings (SSSR count). The minimum Gasteiger partial charge on any atom is -0.461 e. The molecule has 0 amide bonds. The summed E-state index contributed by atoms with van der Waals surface area (Å²) >= 11 is 12.1. The van der Waals surface area contributed by atoms with E-state index in [1.54, 1.807) is 6.07 Å². The van der Waals surface area contributed by atoms with Gasteiger partial charge in [0.05, 0.1) is 16.0 Å². The molecule has 8 heteroatoms. The molecule has 5 nitrogen and oxygen atoms in total. The molecule has 0 atom stereocenters. The fourth-order valence-electron chi connectivity index (χ4n) is 3.26. The molecule has 1 heterocycles. The molecular weight excluding hydrogens is 421 g/mol. The molecule has 0 spiro atoms. The highest BCUT2D eigenvalue weighted by Crippen LogP contribution is 2.33. The van der Waals surface area contributed by atoms with Crippen LogP contribution in [0.2, 0.25) is 10.0 Å². The minimum absolute atomic E-state index is 0.0844. The van der Waals surface area contributed by atoms with E-state index in [1.807, 2.05) is 31.2 Å². The molecule has 0 N–H and O–H groups in total. The molecule has 0 bridgehead atoms. The van der Waals surface area contributed by atoms with E-state index in [2.05, 4.69) is 0 Å². The fourth-order valence-corrected chi connectivity index (χ4v) is 5.83. The van der Waals surface area contributed by atoms with Crippen LogP contribution in [0.3, 0.4) is 0 Å². The molecule has 0 aromatic heterocycles. The van der Waals surface area contributed by atoms with Crippen LogP contribution < -0.4 is 0 Å². The molecule has 1 aliphatic rings. The maximum absolute atomic E-state index is 12.9. The third-order valence-electron chi connectivity index (χ3n) is 4.77. The second-order valence-electron chi connectivity index (χ2n) is 6.83. The largest absolute Gasteiger partial charge is 0.461 e.